The van der Waals surface area contributed by atoms with Gasteiger partial charge in [0.05, 0.1) is 5.02 Å². The van der Waals surface area contributed by atoms with Crippen molar-refractivity contribution in [1.29, 1.82) is 0 Å². The van der Waals surface area contributed by atoms with Gasteiger partial charge in [-0.2, -0.15) is 0 Å². The summed E-state index contributed by atoms with van der Waals surface area (Å²) in [5.41, 5.74) is 1.89. The van der Waals surface area contributed by atoms with E-state index in [0.717, 1.165) is 16.5 Å². The zero-order valence-electron chi connectivity index (χ0n) is 10.0. The Bertz CT molecular complexity index is 555. The van der Waals surface area contributed by atoms with Crippen LogP contribution < -0.4 is 0 Å². The first-order chi connectivity index (χ1) is 9.10. The predicted octanol–water partition coefficient (Wildman–Crippen LogP) is 5.34. The molecule has 0 spiro atoms. The van der Waals surface area contributed by atoms with Crippen molar-refractivity contribution in [3.05, 3.63) is 70.2 Å². The summed E-state index contributed by atoms with van der Waals surface area (Å²) in [6.45, 7) is 0. The molecule has 1 atom stereocenters. The van der Waals surface area contributed by atoms with Gasteiger partial charge in [0, 0.05) is 5.33 Å². The largest absolute Gasteiger partial charge is 0.207 e. The molecule has 2 aromatic carbocycles. The van der Waals surface area contributed by atoms with Crippen molar-refractivity contribution < 1.29 is 8.78 Å². The zero-order chi connectivity index (χ0) is 13.8. The van der Waals surface area contributed by atoms with E-state index in [1.54, 1.807) is 18.2 Å². The Morgan fingerprint density at radius 3 is 2.32 bits per heavy atom. The smallest absolute Gasteiger partial charge is 0.142 e. The lowest BCUT2D eigenvalue weighted by Gasteiger charge is -2.15. The number of rotatable bonds is 4. The minimum Gasteiger partial charge on any atom is -0.207 e. The Hall–Kier alpha value is -0.930. The second kappa shape index (κ2) is 6.49. The van der Waals surface area contributed by atoms with Gasteiger partial charge in [-0.3, -0.25) is 0 Å². The molecule has 2 aromatic rings. The van der Waals surface area contributed by atoms with Crippen LogP contribution in [0.3, 0.4) is 0 Å². The topological polar surface area (TPSA) is 0 Å². The molecule has 1 unspecified atom stereocenters. The molecule has 19 heavy (non-hydrogen) atoms. The summed E-state index contributed by atoms with van der Waals surface area (Å²) in [5, 5.41) is 0.851. The average molecular weight is 346 g/mol. The number of halogens is 4. The molecule has 4 heteroatoms. The first kappa shape index (κ1) is 14.5. The van der Waals surface area contributed by atoms with E-state index in [1.807, 2.05) is 6.07 Å². The van der Waals surface area contributed by atoms with Gasteiger partial charge in [0.15, 0.2) is 0 Å². The summed E-state index contributed by atoms with van der Waals surface area (Å²) >= 11 is 9.11. The van der Waals surface area contributed by atoms with Crippen LogP contribution in [0.5, 0.6) is 0 Å². The minimum absolute atomic E-state index is 0.126. The van der Waals surface area contributed by atoms with E-state index in [1.165, 1.54) is 18.2 Å². The number of hydrogen-bond donors (Lipinski definition) is 0. The van der Waals surface area contributed by atoms with Crippen LogP contribution >= 0.6 is 27.5 Å². The Morgan fingerprint density at radius 1 is 1.05 bits per heavy atom. The van der Waals surface area contributed by atoms with E-state index in [0.29, 0.717) is 6.42 Å². The van der Waals surface area contributed by atoms with Crippen molar-refractivity contribution in [3.63, 3.8) is 0 Å². The molecule has 0 aliphatic heterocycles. The number of hydrogen-bond acceptors (Lipinski definition) is 0. The van der Waals surface area contributed by atoms with Crippen LogP contribution in [0.4, 0.5) is 8.78 Å². The Labute approximate surface area is 124 Å². The van der Waals surface area contributed by atoms with Gasteiger partial charge in [0.2, 0.25) is 0 Å². The third-order valence-electron chi connectivity index (χ3n) is 2.99. The standard InChI is InChI=1S/C15H12BrClF2/c16-9-12(11-2-4-13(18)5-3-11)7-10-1-6-14(17)15(19)8-10/h1-6,8,12H,7,9H2. The number of benzene rings is 2. The lowest BCUT2D eigenvalue weighted by Crippen LogP contribution is -2.05. The summed E-state index contributed by atoms with van der Waals surface area (Å²) < 4.78 is 26.3. The lowest BCUT2D eigenvalue weighted by atomic mass is 9.94. The molecule has 0 aliphatic rings. The molecule has 0 fully saturated rings. The van der Waals surface area contributed by atoms with Crippen molar-refractivity contribution in [3.8, 4) is 0 Å². The van der Waals surface area contributed by atoms with Gasteiger partial charge in [0.1, 0.15) is 11.6 Å². The van der Waals surface area contributed by atoms with Gasteiger partial charge in [0.25, 0.3) is 0 Å². The van der Waals surface area contributed by atoms with Crippen LogP contribution in [0.1, 0.15) is 17.0 Å². The van der Waals surface area contributed by atoms with Gasteiger partial charge in [-0.05, 0) is 47.7 Å². The van der Waals surface area contributed by atoms with Gasteiger partial charge < -0.3 is 0 Å². The first-order valence-electron chi connectivity index (χ1n) is 5.85. The van der Waals surface area contributed by atoms with E-state index < -0.39 is 5.82 Å². The highest BCUT2D eigenvalue weighted by Gasteiger charge is 2.12. The average Bonchev–Trinajstić information content (AvgIpc) is 2.41. The maximum Gasteiger partial charge on any atom is 0.142 e. The lowest BCUT2D eigenvalue weighted by molar-refractivity contribution is 0.622. The van der Waals surface area contributed by atoms with E-state index in [9.17, 15) is 8.78 Å². The molecule has 2 rings (SSSR count). The SMILES string of the molecule is Fc1ccc(C(CBr)Cc2ccc(Cl)c(F)c2)cc1. The normalized spacial score (nSPS) is 12.4. The van der Waals surface area contributed by atoms with Crippen molar-refractivity contribution in [2.45, 2.75) is 12.3 Å². The maximum atomic E-state index is 13.4. The van der Waals surface area contributed by atoms with Crippen molar-refractivity contribution in [2.75, 3.05) is 5.33 Å². The Balaban J connectivity index is 2.18. The maximum absolute atomic E-state index is 13.4. The zero-order valence-corrected chi connectivity index (χ0v) is 12.4. The van der Waals surface area contributed by atoms with Crippen molar-refractivity contribution >= 4 is 27.5 Å². The van der Waals surface area contributed by atoms with Crippen LogP contribution in [0, 0.1) is 11.6 Å². The van der Waals surface area contributed by atoms with E-state index in [-0.39, 0.29) is 16.8 Å². The molecular formula is C15H12BrClF2. The molecule has 0 radical (unpaired) electrons. The fourth-order valence-corrected chi connectivity index (χ4v) is 2.67. The summed E-state index contributed by atoms with van der Waals surface area (Å²) in [5.74, 6) is -0.498. The molecule has 0 nitrogen and oxygen atoms in total. The van der Waals surface area contributed by atoms with Crippen LogP contribution in [-0.4, -0.2) is 5.33 Å². The highest BCUT2D eigenvalue weighted by atomic mass is 79.9. The molecule has 0 saturated carbocycles. The second-order valence-electron chi connectivity index (χ2n) is 4.36. The molecule has 0 bridgehead atoms. The highest BCUT2D eigenvalue weighted by molar-refractivity contribution is 9.09. The minimum atomic E-state index is -0.411. The van der Waals surface area contributed by atoms with Crippen LogP contribution in [0.2, 0.25) is 5.02 Å². The summed E-state index contributed by atoms with van der Waals surface area (Å²) in [7, 11) is 0. The first-order valence-corrected chi connectivity index (χ1v) is 7.35. The van der Waals surface area contributed by atoms with E-state index in [2.05, 4.69) is 15.9 Å². The third-order valence-corrected chi connectivity index (χ3v) is 4.08. The van der Waals surface area contributed by atoms with Crippen molar-refractivity contribution in [1.82, 2.24) is 0 Å². The predicted molar refractivity (Wildman–Crippen MR) is 78.0 cm³/mol. The van der Waals surface area contributed by atoms with Gasteiger partial charge in [-0.25, -0.2) is 8.78 Å². The monoisotopic (exact) mass is 344 g/mol. The molecule has 0 saturated heterocycles. The van der Waals surface area contributed by atoms with Crippen LogP contribution in [0.25, 0.3) is 0 Å². The number of alkyl halides is 1. The molecule has 0 N–H and O–H groups in total. The van der Waals surface area contributed by atoms with Crippen molar-refractivity contribution in [2.24, 2.45) is 0 Å². The fourth-order valence-electron chi connectivity index (χ4n) is 1.95. The van der Waals surface area contributed by atoms with Crippen LogP contribution in [0.15, 0.2) is 42.5 Å². The molecule has 0 aromatic heterocycles. The summed E-state index contributed by atoms with van der Waals surface area (Å²) in [4.78, 5) is 0. The molecule has 0 aliphatic carbocycles. The highest BCUT2D eigenvalue weighted by Crippen LogP contribution is 2.25. The molecular weight excluding hydrogens is 334 g/mol. The summed E-state index contributed by atoms with van der Waals surface area (Å²) in [6.07, 6.45) is 0.672. The third kappa shape index (κ3) is 3.77. The molecule has 0 heterocycles. The van der Waals surface area contributed by atoms with E-state index in [4.69, 9.17) is 11.6 Å². The van der Waals surface area contributed by atoms with Gasteiger partial charge >= 0.3 is 0 Å². The van der Waals surface area contributed by atoms with Crippen LogP contribution in [-0.2, 0) is 6.42 Å². The quantitative estimate of drug-likeness (QED) is 0.656. The Kier molecular flexibility index (Phi) is 4.94. The molecule has 100 valence electrons. The molecule has 0 amide bonds. The second-order valence-corrected chi connectivity index (χ2v) is 5.41. The van der Waals surface area contributed by atoms with E-state index >= 15 is 0 Å². The Morgan fingerprint density at radius 2 is 1.74 bits per heavy atom. The van der Waals surface area contributed by atoms with Gasteiger partial charge in [-0.1, -0.05) is 45.7 Å². The van der Waals surface area contributed by atoms with Gasteiger partial charge in [-0.15, -0.1) is 0 Å². The summed E-state index contributed by atoms with van der Waals surface area (Å²) in [6, 6.07) is 11.2. The fraction of sp³-hybridized carbons (Fsp3) is 0.200.